The lowest BCUT2D eigenvalue weighted by molar-refractivity contribution is -0.136. The van der Waals surface area contributed by atoms with Gasteiger partial charge in [-0.05, 0) is 91.9 Å². The molecule has 8 rings (SSSR count). The first-order valence-electron chi connectivity index (χ1n) is 22.8. The van der Waals surface area contributed by atoms with Crippen LogP contribution < -0.4 is 25.0 Å². The predicted molar refractivity (Wildman–Crippen MR) is 255 cm³/mol. The minimum atomic E-state index is -1.03. The Kier molecular flexibility index (Phi) is 16.2. The number of piperidine rings is 1. The van der Waals surface area contributed by atoms with E-state index in [4.69, 9.17) is 33.4 Å². The van der Waals surface area contributed by atoms with Crippen molar-refractivity contribution in [1.82, 2.24) is 15.2 Å². The Morgan fingerprint density at radius 1 is 0.725 bits per heavy atom. The van der Waals surface area contributed by atoms with Crippen LogP contribution in [-0.4, -0.2) is 124 Å². The number of rotatable bonds is 23. The fourth-order valence-electron chi connectivity index (χ4n) is 8.27. The fourth-order valence-corrected chi connectivity index (χ4v) is 9.12. The van der Waals surface area contributed by atoms with Crippen LogP contribution >= 0.6 is 11.3 Å². The molecule has 360 valence electrons. The number of fused-ring (bicyclic) bond motifs is 2. The van der Waals surface area contributed by atoms with Crippen LogP contribution in [0.1, 0.15) is 65.5 Å². The number of anilines is 2. The first-order chi connectivity index (χ1) is 33.5. The van der Waals surface area contributed by atoms with Crippen LogP contribution in [0.25, 0.3) is 11.3 Å². The zero-order chi connectivity index (χ0) is 48.3. The molecule has 0 bridgehead atoms. The van der Waals surface area contributed by atoms with E-state index in [9.17, 15) is 28.8 Å². The predicted octanol–water partition coefficient (Wildman–Crippen LogP) is 5.74. The highest BCUT2D eigenvalue weighted by atomic mass is 32.1. The van der Waals surface area contributed by atoms with E-state index in [1.54, 1.807) is 6.07 Å². The van der Waals surface area contributed by atoms with Crippen LogP contribution in [0.5, 0.6) is 11.5 Å². The average Bonchev–Trinajstić information content (AvgIpc) is 4.00. The van der Waals surface area contributed by atoms with Crippen LogP contribution in [0.2, 0.25) is 0 Å². The van der Waals surface area contributed by atoms with Gasteiger partial charge in [0, 0.05) is 34.7 Å². The summed E-state index contributed by atoms with van der Waals surface area (Å²) in [6.45, 7) is 7.97. The van der Waals surface area contributed by atoms with Gasteiger partial charge < -0.3 is 38.6 Å². The summed E-state index contributed by atoms with van der Waals surface area (Å²) in [6, 6.07) is 24.6. The lowest BCUT2D eigenvalue weighted by Gasteiger charge is -2.27. The van der Waals surface area contributed by atoms with Gasteiger partial charge in [-0.15, -0.1) is 11.3 Å². The Morgan fingerprint density at radius 3 is 2.09 bits per heavy atom. The van der Waals surface area contributed by atoms with E-state index in [1.165, 1.54) is 23.5 Å². The summed E-state index contributed by atoms with van der Waals surface area (Å²) in [5, 5.41) is 5.66. The molecule has 3 aliphatic heterocycles. The maximum Gasteiger partial charge on any atom is 0.262 e. The smallest absolute Gasteiger partial charge is 0.262 e. The molecule has 0 radical (unpaired) electrons. The molecule has 4 aromatic carbocycles. The number of benzene rings is 4. The Hall–Kier alpha value is -6.83. The molecule has 17 nitrogen and oxygen atoms in total. The van der Waals surface area contributed by atoms with Gasteiger partial charge >= 0.3 is 0 Å². The zero-order valence-corrected chi connectivity index (χ0v) is 39.2. The van der Waals surface area contributed by atoms with Crippen molar-refractivity contribution in [3.05, 3.63) is 123 Å². The number of nitrogens with one attached hydrogen (secondary N) is 2. The maximum absolute atomic E-state index is 13.4. The summed E-state index contributed by atoms with van der Waals surface area (Å²) in [5.41, 5.74) is 6.56. The van der Waals surface area contributed by atoms with E-state index in [2.05, 4.69) is 16.7 Å². The van der Waals surface area contributed by atoms with E-state index in [1.807, 2.05) is 79.4 Å². The zero-order valence-electron chi connectivity index (χ0n) is 38.4. The molecule has 69 heavy (non-hydrogen) atoms. The molecule has 18 heteroatoms. The van der Waals surface area contributed by atoms with Crippen LogP contribution in [0.3, 0.4) is 0 Å². The molecule has 2 N–H and O–H groups in total. The summed E-state index contributed by atoms with van der Waals surface area (Å²) < 4.78 is 33.9. The van der Waals surface area contributed by atoms with E-state index < -0.39 is 29.7 Å². The second-order valence-electron chi connectivity index (χ2n) is 16.5. The van der Waals surface area contributed by atoms with Gasteiger partial charge in [0.15, 0.2) is 5.13 Å². The van der Waals surface area contributed by atoms with Crippen LogP contribution in [0.4, 0.5) is 10.8 Å². The number of aryl methyl sites for hydroxylation is 2. The van der Waals surface area contributed by atoms with Crippen molar-refractivity contribution in [2.24, 2.45) is 0 Å². The molecule has 1 unspecified atom stereocenters. The van der Waals surface area contributed by atoms with Gasteiger partial charge in [-0.2, -0.15) is 0 Å². The van der Waals surface area contributed by atoms with Crippen molar-refractivity contribution >= 4 is 57.6 Å². The number of thiazole rings is 1. The monoisotopic (exact) mass is 959 g/mol. The minimum absolute atomic E-state index is 0.00537. The van der Waals surface area contributed by atoms with Crippen molar-refractivity contribution in [2.75, 3.05) is 82.8 Å². The molecule has 0 saturated carbocycles. The maximum atomic E-state index is 13.4. The van der Waals surface area contributed by atoms with E-state index in [0.717, 1.165) is 49.8 Å². The third kappa shape index (κ3) is 12.1. The highest BCUT2D eigenvalue weighted by Gasteiger charge is 2.44. The largest absolute Gasteiger partial charge is 0.491 e. The van der Waals surface area contributed by atoms with E-state index in [0.29, 0.717) is 81.6 Å². The lowest BCUT2D eigenvalue weighted by atomic mass is 10.0. The second kappa shape index (κ2) is 23.0. The van der Waals surface area contributed by atoms with Crippen molar-refractivity contribution in [3.8, 4) is 22.8 Å². The van der Waals surface area contributed by atoms with Crippen molar-refractivity contribution in [1.29, 1.82) is 0 Å². The summed E-state index contributed by atoms with van der Waals surface area (Å²) in [4.78, 5) is 84.6. The number of carbonyl (C=O) groups is 6. The molecule has 1 aromatic heterocycles. The summed E-state index contributed by atoms with van der Waals surface area (Å²) in [7, 11) is 0. The number of imide groups is 2. The van der Waals surface area contributed by atoms with Crippen LogP contribution in [0, 0.1) is 13.8 Å². The SMILES string of the molecule is Cc1ccccc1C(=O)N1CCc2cc(-c3nc(NC(=O)Cc4cccc(OCCOCCOCCOCCOCCOc5ccc6c(c5)C(=O)N(C5CCC(=O)NC5=O)C6=O)c4)sc3C)ccc21. The molecule has 1 atom stereocenters. The summed E-state index contributed by atoms with van der Waals surface area (Å²) >= 11 is 1.43. The number of amides is 6. The summed E-state index contributed by atoms with van der Waals surface area (Å²) in [5.74, 6) is -1.42. The highest BCUT2D eigenvalue weighted by molar-refractivity contribution is 7.16. The lowest BCUT2D eigenvalue weighted by Crippen LogP contribution is -2.54. The van der Waals surface area contributed by atoms with Crippen molar-refractivity contribution in [3.63, 3.8) is 0 Å². The van der Waals surface area contributed by atoms with Gasteiger partial charge in [-0.3, -0.25) is 39.0 Å². The Labute approximate surface area is 403 Å². The third-order valence-electron chi connectivity index (χ3n) is 11.7. The molecule has 1 fully saturated rings. The quantitative estimate of drug-likeness (QED) is 0.0594. The molecule has 4 heterocycles. The fraction of sp³-hybridized carbons (Fsp3) is 0.353. The molecule has 1 saturated heterocycles. The number of hydrogen-bond acceptors (Lipinski definition) is 14. The van der Waals surface area contributed by atoms with Crippen LogP contribution in [-0.2, 0) is 46.2 Å². The van der Waals surface area contributed by atoms with Crippen molar-refractivity contribution < 1.29 is 57.2 Å². The van der Waals surface area contributed by atoms with Gasteiger partial charge in [0.2, 0.25) is 17.7 Å². The number of nitrogens with zero attached hydrogens (tertiary/aromatic N) is 3. The standard InChI is InChI=1S/C51H53N5O12S/c1-32-6-3-4-9-39(32)48(60)55-17-16-35-30-36(10-13-42(35)55)46-33(2)69-51(54-46)53-45(58)29-34-7-5-8-37(28-34)67-26-24-65-22-20-63-18-19-64-21-23-66-25-27-68-38-11-12-40-41(31-38)50(62)56(49(40)61)43-14-15-44(57)52-47(43)59/h3-13,28,30-31,43H,14-27,29H2,1-2H3,(H,52,57,59)(H,53,54,58). The number of ether oxygens (including phenoxy) is 6. The Bertz CT molecular complexity index is 2720. The normalized spacial score (nSPS) is 15.3. The van der Waals surface area contributed by atoms with Gasteiger partial charge in [-0.1, -0.05) is 36.4 Å². The van der Waals surface area contributed by atoms with Gasteiger partial charge in [-0.25, -0.2) is 4.98 Å². The molecule has 0 spiro atoms. The van der Waals surface area contributed by atoms with E-state index >= 15 is 0 Å². The Morgan fingerprint density at radius 2 is 1.39 bits per heavy atom. The number of aromatic nitrogens is 1. The van der Waals surface area contributed by atoms with Gasteiger partial charge in [0.05, 0.1) is 76.1 Å². The average molecular weight is 960 g/mol. The molecule has 3 aliphatic rings. The molecular formula is C51H53N5O12S. The van der Waals surface area contributed by atoms with E-state index in [-0.39, 0.29) is 55.4 Å². The molecular weight excluding hydrogens is 907 g/mol. The molecule has 0 aliphatic carbocycles. The van der Waals surface area contributed by atoms with Crippen molar-refractivity contribution in [2.45, 2.75) is 45.6 Å². The third-order valence-corrected chi connectivity index (χ3v) is 12.6. The van der Waals surface area contributed by atoms with Gasteiger partial charge in [0.1, 0.15) is 30.8 Å². The first kappa shape index (κ1) is 48.6. The molecule has 6 amide bonds. The Balaban J connectivity index is 0.647. The van der Waals surface area contributed by atoms with Gasteiger partial charge in [0.25, 0.3) is 17.7 Å². The number of hydrogen-bond donors (Lipinski definition) is 2. The topological polar surface area (TPSA) is 201 Å². The first-order valence-corrected chi connectivity index (χ1v) is 23.6. The molecule has 5 aromatic rings. The number of carbonyl (C=O) groups excluding carboxylic acids is 6. The highest BCUT2D eigenvalue weighted by Crippen LogP contribution is 2.37. The minimum Gasteiger partial charge on any atom is -0.491 e. The van der Waals surface area contributed by atoms with Crippen LogP contribution in [0.15, 0.2) is 84.9 Å². The summed E-state index contributed by atoms with van der Waals surface area (Å²) in [6.07, 6.45) is 1.05. The second-order valence-corrected chi connectivity index (χ2v) is 17.7.